The van der Waals surface area contributed by atoms with Crippen molar-refractivity contribution in [1.29, 1.82) is 0 Å². The van der Waals surface area contributed by atoms with Crippen LogP contribution in [-0.4, -0.2) is 17.7 Å². The SMILES string of the molecule is CCC(NCCC(C)C)C(O)c1cccs1. The molecule has 2 unspecified atom stereocenters. The van der Waals surface area contributed by atoms with Gasteiger partial charge in [0, 0.05) is 10.9 Å². The quantitative estimate of drug-likeness (QED) is 0.768. The first kappa shape index (κ1) is 13.7. The fourth-order valence-corrected chi connectivity index (χ4v) is 2.47. The molecule has 2 N–H and O–H groups in total. The Bertz CT molecular complexity index is 271. The molecule has 16 heavy (non-hydrogen) atoms. The fraction of sp³-hybridized carbons (Fsp3) is 0.692. The molecule has 3 heteroatoms. The number of aliphatic hydroxyl groups is 1. The molecule has 1 rings (SSSR count). The minimum atomic E-state index is -0.364. The summed E-state index contributed by atoms with van der Waals surface area (Å²) in [7, 11) is 0. The molecular formula is C13H23NOS. The molecule has 0 saturated carbocycles. The molecule has 0 radical (unpaired) electrons. The van der Waals surface area contributed by atoms with Crippen molar-refractivity contribution < 1.29 is 5.11 Å². The molecule has 1 aromatic heterocycles. The van der Waals surface area contributed by atoms with Crippen LogP contribution in [0.3, 0.4) is 0 Å². The van der Waals surface area contributed by atoms with E-state index in [1.165, 1.54) is 0 Å². The molecule has 0 aliphatic carbocycles. The van der Waals surface area contributed by atoms with Gasteiger partial charge in [-0.15, -0.1) is 11.3 Å². The topological polar surface area (TPSA) is 32.3 Å². The molecule has 2 atom stereocenters. The maximum absolute atomic E-state index is 10.2. The van der Waals surface area contributed by atoms with E-state index in [9.17, 15) is 5.11 Å². The monoisotopic (exact) mass is 241 g/mol. The maximum Gasteiger partial charge on any atom is 0.103 e. The van der Waals surface area contributed by atoms with Crippen LogP contribution in [0.5, 0.6) is 0 Å². The van der Waals surface area contributed by atoms with Gasteiger partial charge in [0.2, 0.25) is 0 Å². The highest BCUT2D eigenvalue weighted by Crippen LogP contribution is 2.23. The van der Waals surface area contributed by atoms with E-state index in [1.54, 1.807) is 11.3 Å². The summed E-state index contributed by atoms with van der Waals surface area (Å²) in [5.74, 6) is 0.712. The number of hydrogen-bond donors (Lipinski definition) is 2. The van der Waals surface area contributed by atoms with Gasteiger partial charge in [0.15, 0.2) is 0 Å². The highest BCUT2D eigenvalue weighted by molar-refractivity contribution is 7.10. The largest absolute Gasteiger partial charge is 0.386 e. The van der Waals surface area contributed by atoms with Gasteiger partial charge in [0.05, 0.1) is 0 Å². The smallest absolute Gasteiger partial charge is 0.103 e. The van der Waals surface area contributed by atoms with Crippen LogP contribution in [0.4, 0.5) is 0 Å². The van der Waals surface area contributed by atoms with Crippen molar-refractivity contribution in [1.82, 2.24) is 5.32 Å². The summed E-state index contributed by atoms with van der Waals surface area (Å²) in [6.45, 7) is 7.54. The average Bonchev–Trinajstić information content (AvgIpc) is 2.76. The van der Waals surface area contributed by atoms with Crippen LogP contribution in [0.15, 0.2) is 17.5 Å². The maximum atomic E-state index is 10.2. The Morgan fingerprint density at radius 3 is 2.69 bits per heavy atom. The lowest BCUT2D eigenvalue weighted by molar-refractivity contribution is 0.128. The number of nitrogens with one attached hydrogen (secondary N) is 1. The fourth-order valence-electron chi connectivity index (χ4n) is 1.69. The van der Waals surface area contributed by atoms with Gasteiger partial charge >= 0.3 is 0 Å². The molecule has 0 aliphatic heterocycles. The highest BCUT2D eigenvalue weighted by Gasteiger charge is 2.19. The van der Waals surface area contributed by atoms with E-state index in [2.05, 4.69) is 26.1 Å². The van der Waals surface area contributed by atoms with Crippen molar-refractivity contribution in [2.75, 3.05) is 6.54 Å². The Labute approximate surface area is 103 Å². The summed E-state index contributed by atoms with van der Waals surface area (Å²) in [6, 6.07) is 4.17. The summed E-state index contributed by atoms with van der Waals surface area (Å²) in [6.07, 6.45) is 1.75. The number of thiophene rings is 1. The lowest BCUT2D eigenvalue weighted by Gasteiger charge is -2.22. The Morgan fingerprint density at radius 1 is 1.44 bits per heavy atom. The Kier molecular flexibility index (Phi) is 6.03. The first-order valence-corrected chi connectivity index (χ1v) is 6.98. The van der Waals surface area contributed by atoms with E-state index in [0.717, 1.165) is 24.3 Å². The molecule has 0 aromatic carbocycles. The molecule has 2 nitrogen and oxygen atoms in total. The van der Waals surface area contributed by atoms with E-state index < -0.39 is 0 Å². The summed E-state index contributed by atoms with van der Waals surface area (Å²) in [5, 5.41) is 15.6. The summed E-state index contributed by atoms with van der Waals surface area (Å²) in [4.78, 5) is 1.06. The normalized spacial score (nSPS) is 15.3. The molecule has 1 aromatic rings. The minimum absolute atomic E-state index is 0.178. The van der Waals surface area contributed by atoms with Gasteiger partial charge in [-0.2, -0.15) is 0 Å². The first-order chi connectivity index (χ1) is 7.65. The van der Waals surface area contributed by atoms with Gasteiger partial charge in [-0.25, -0.2) is 0 Å². The molecular weight excluding hydrogens is 218 g/mol. The zero-order chi connectivity index (χ0) is 12.0. The second-order valence-corrected chi connectivity index (χ2v) is 5.59. The van der Waals surface area contributed by atoms with E-state index in [0.29, 0.717) is 5.92 Å². The molecule has 0 bridgehead atoms. The van der Waals surface area contributed by atoms with Gasteiger partial charge < -0.3 is 10.4 Å². The molecule has 92 valence electrons. The van der Waals surface area contributed by atoms with E-state index in [1.807, 2.05) is 17.5 Å². The van der Waals surface area contributed by atoms with E-state index >= 15 is 0 Å². The number of hydrogen-bond acceptors (Lipinski definition) is 3. The van der Waals surface area contributed by atoms with Crippen molar-refractivity contribution in [3.05, 3.63) is 22.4 Å². The molecule has 0 amide bonds. The molecule has 0 fully saturated rings. The van der Waals surface area contributed by atoms with Crippen molar-refractivity contribution in [3.8, 4) is 0 Å². The van der Waals surface area contributed by atoms with E-state index in [-0.39, 0.29) is 12.1 Å². The van der Waals surface area contributed by atoms with E-state index in [4.69, 9.17) is 0 Å². The van der Waals surface area contributed by atoms with Gasteiger partial charge in [-0.05, 0) is 36.8 Å². The van der Waals surface area contributed by atoms with Gasteiger partial charge in [-0.1, -0.05) is 26.8 Å². The summed E-state index contributed by atoms with van der Waals surface area (Å²) < 4.78 is 0. The lowest BCUT2D eigenvalue weighted by Crippen LogP contribution is -2.35. The van der Waals surface area contributed by atoms with Gasteiger partial charge in [-0.3, -0.25) is 0 Å². The van der Waals surface area contributed by atoms with Crippen molar-refractivity contribution in [2.45, 2.75) is 45.8 Å². The average molecular weight is 241 g/mol. The van der Waals surface area contributed by atoms with Crippen LogP contribution in [0.25, 0.3) is 0 Å². The standard InChI is InChI=1S/C13H23NOS/c1-4-11(14-8-7-10(2)3)13(15)12-6-5-9-16-12/h5-6,9-11,13-15H,4,7-8H2,1-3H3. The van der Waals surface area contributed by atoms with Crippen molar-refractivity contribution in [3.63, 3.8) is 0 Å². The van der Waals surface area contributed by atoms with Crippen LogP contribution >= 0.6 is 11.3 Å². The number of rotatable bonds is 7. The lowest BCUT2D eigenvalue weighted by atomic mass is 10.1. The van der Waals surface area contributed by atoms with Crippen LogP contribution in [0, 0.1) is 5.92 Å². The third-order valence-electron chi connectivity index (χ3n) is 2.78. The van der Waals surface area contributed by atoms with Gasteiger partial charge in [0.25, 0.3) is 0 Å². The zero-order valence-electron chi connectivity index (χ0n) is 10.4. The predicted octanol–water partition coefficient (Wildman–Crippen LogP) is 3.20. The van der Waals surface area contributed by atoms with Crippen LogP contribution < -0.4 is 5.32 Å². The molecule has 0 saturated heterocycles. The second kappa shape index (κ2) is 7.05. The molecule has 0 aliphatic rings. The molecule has 0 spiro atoms. The summed E-state index contributed by atoms with van der Waals surface area (Å²) >= 11 is 1.62. The predicted molar refractivity (Wildman–Crippen MR) is 70.8 cm³/mol. The first-order valence-electron chi connectivity index (χ1n) is 6.10. The second-order valence-electron chi connectivity index (χ2n) is 4.61. The molecule has 1 heterocycles. The Morgan fingerprint density at radius 2 is 2.19 bits per heavy atom. The summed E-state index contributed by atoms with van der Waals surface area (Å²) in [5.41, 5.74) is 0. The van der Waals surface area contributed by atoms with Gasteiger partial charge in [0.1, 0.15) is 6.10 Å². The Balaban J connectivity index is 2.41. The van der Waals surface area contributed by atoms with Crippen molar-refractivity contribution in [2.24, 2.45) is 5.92 Å². The van der Waals surface area contributed by atoms with Crippen LogP contribution in [0.2, 0.25) is 0 Å². The number of aliphatic hydroxyl groups excluding tert-OH is 1. The third-order valence-corrected chi connectivity index (χ3v) is 3.73. The Hall–Kier alpha value is -0.380. The van der Waals surface area contributed by atoms with Crippen molar-refractivity contribution >= 4 is 11.3 Å². The van der Waals surface area contributed by atoms with Crippen LogP contribution in [-0.2, 0) is 0 Å². The highest BCUT2D eigenvalue weighted by atomic mass is 32.1. The third kappa shape index (κ3) is 4.24. The zero-order valence-corrected chi connectivity index (χ0v) is 11.3. The minimum Gasteiger partial charge on any atom is -0.386 e. The van der Waals surface area contributed by atoms with Crippen LogP contribution in [0.1, 0.15) is 44.6 Å².